The Kier molecular flexibility index (Phi) is 12.2. The van der Waals surface area contributed by atoms with E-state index in [4.69, 9.17) is 30.3 Å². The molecule has 12 heteroatoms. The van der Waals surface area contributed by atoms with E-state index < -0.39 is 29.9 Å². The SMILES string of the molecule is [C-]#[N+]C(C(=O)OC)c1nc2c(OC(=O)c3ccc(CCCC)cc3)ccc(OC(=O)c3ccc(OCCCOC(=O)C=C)cc3)c2s1. The first-order valence-corrected chi connectivity index (χ1v) is 15.5. The standard InChI is InChI=1S/C35H32N2O9S/c1-5-7-9-22-10-12-23(13-11-22)33(39)45-26-18-19-27(31-29(26)37-32(47-31)30(36-3)35(41)42-4)46-34(40)24-14-16-25(17-15-24)43-20-8-21-44-28(38)6-2/h6,10-19,30H,2,5,7-9,20-21H2,1,4H3. The van der Waals surface area contributed by atoms with Crippen LogP contribution in [0.3, 0.4) is 0 Å². The molecule has 11 nitrogen and oxygen atoms in total. The van der Waals surface area contributed by atoms with Gasteiger partial charge in [-0.1, -0.05) is 32.1 Å². The highest BCUT2D eigenvalue weighted by Gasteiger charge is 2.32. The predicted octanol–water partition coefficient (Wildman–Crippen LogP) is 6.71. The van der Waals surface area contributed by atoms with E-state index >= 15 is 0 Å². The number of aromatic nitrogens is 1. The van der Waals surface area contributed by atoms with E-state index in [0.717, 1.165) is 42.2 Å². The minimum Gasteiger partial charge on any atom is -0.493 e. The third-order valence-corrected chi connectivity index (χ3v) is 7.87. The summed E-state index contributed by atoms with van der Waals surface area (Å²) < 4.78 is 27.0. The van der Waals surface area contributed by atoms with E-state index in [-0.39, 0.29) is 40.8 Å². The lowest BCUT2D eigenvalue weighted by Gasteiger charge is -2.10. The molecule has 3 aromatic carbocycles. The van der Waals surface area contributed by atoms with E-state index in [2.05, 4.69) is 23.3 Å². The maximum absolute atomic E-state index is 13.1. The monoisotopic (exact) mass is 656 g/mol. The number of benzene rings is 3. The molecular weight excluding hydrogens is 624 g/mol. The van der Waals surface area contributed by atoms with Crippen LogP contribution in [0.5, 0.6) is 17.2 Å². The minimum atomic E-state index is -1.36. The van der Waals surface area contributed by atoms with E-state index in [1.165, 1.54) is 31.4 Å². The summed E-state index contributed by atoms with van der Waals surface area (Å²) in [6, 6.07) is 14.9. The topological polar surface area (TPSA) is 132 Å². The molecule has 0 saturated carbocycles. The summed E-state index contributed by atoms with van der Waals surface area (Å²) in [5, 5.41) is 0.0867. The van der Waals surface area contributed by atoms with E-state index in [9.17, 15) is 19.2 Å². The van der Waals surface area contributed by atoms with Crippen molar-refractivity contribution in [2.45, 2.75) is 38.6 Å². The first-order chi connectivity index (χ1) is 22.8. The highest BCUT2D eigenvalue weighted by atomic mass is 32.1. The molecule has 4 aromatic rings. The lowest BCUT2D eigenvalue weighted by Crippen LogP contribution is -2.11. The van der Waals surface area contributed by atoms with Crippen molar-refractivity contribution in [3.05, 3.63) is 106 Å². The molecule has 0 amide bonds. The molecule has 0 radical (unpaired) electrons. The fourth-order valence-electron chi connectivity index (χ4n) is 4.25. The molecule has 0 spiro atoms. The van der Waals surface area contributed by atoms with Gasteiger partial charge in [-0.25, -0.2) is 30.7 Å². The Morgan fingerprint density at radius 2 is 1.55 bits per heavy atom. The summed E-state index contributed by atoms with van der Waals surface area (Å²) in [5.74, 6) is -1.96. The van der Waals surface area contributed by atoms with Gasteiger partial charge < -0.3 is 23.7 Å². The number of rotatable bonds is 15. The van der Waals surface area contributed by atoms with Gasteiger partial charge in [0.2, 0.25) is 0 Å². The van der Waals surface area contributed by atoms with Crippen molar-refractivity contribution in [3.63, 3.8) is 0 Å². The molecule has 0 aliphatic rings. The second kappa shape index (κ2) is 16.7. The highest BCUT2D eigenvalue weighted by molar-refractivity contribution is 7.19. The Balaban J connectivity index is 1.54. The summed E-state index contributed by atoms with van der Waals surface area (Å²) in [7, 11) is 1.17. The van der Waals surface area contributed by atoms with Gasteiger partial charge in [0.05, 0.1) is 31.5 Å². The zero-order chi connectivity index (χ0) is 33.8. The van der Waals surface area contributed by atoms with Gasteiger partial charge in [0.1, 0.15) is 16.0 Å². The number of fused-ring (bicyclic) bond motifs is 1. The van der Waals surface area contributed by atoms with Crippen LogP contribution in [0.15, 0.2) is 73.3 Å². The number of esters is 4. The number of thiazole rings is 1. The number of methoxy groups -OCH3 is 1. The normalized spacial score (nSPS) is 11.2. The molecule has 0 aliphatic heterocycles. The molecule has 0 aliphatic carbocycles. The predicted molar refractivity (Wildman–Crippen MR) is 174 cm³/mol. The highest BCUT2D eigenvalue weighted by Crippen LogP contribution is 2.40. The van der Waals surface area contributed by atoms with Gasteiger partial charge in [-0.15, -0.1) is 11.3 Å². The minimum absolute atomic E-state index is 0.0664. The van der Waals surface area contributed by atoms with Crippen LogP contribution in [-0.4, -0.2) is 49.2 Å². The van der Waals surface area contributed by atoms with Crippen molar-refractivity contribution in [2.75, 3.05) is 20.3 Å². The van der Waals surface area contributed by atoms with Crippen LogP contribution >= 0.6 is 11.3 Å². The maximum Gasteiger partial charge on any atom is 0.397 e. The third kappa shape index (κ3) is 9.02. The third-order valence-electron chi connectivity index (χ3n) is 6.75. The number of unbranched alkanes of at least 4 members (excludes halogenated alkanes) is 1. The van der Waals surface area contributed by atoms with Crippen molar-refractivity contribution >= 4 is 45.4 Å². The average molecular weight is 657 g/mol. The van der Waals surface area contributed by atoms with Crippen LogP contribution in [0, 0.1) is 6.57 Å². The van der Waals surface area contributed by atoms with Gasteiger partial charge >= 0.3 is 29.9 Å². The lowest BCUT2D eigenvalue weighted by atomic mass is 10.1. The number of carbonyl (C=O) groups excluding carboxylic acids is 4. The number of nitrogens with zero attached hydrogens (tertiary/aromatic N) is 2. The second-order valence-corrected chi connectivity index (χ2v) is 11.1. The Hall–Kier alpha value is -5.54. The van der Waals surface area contributed by atoms with Crippen molar-refractivity contribution in [2.24, 2.45) is 0 Å². The number of aryl methyl sites for hydroxylation is 1. The van der Waals surface area contributed by atoms with Crippen LogP contribution in [0.25, 0.3) is 15.1 Å². The number of hydrogen-bond donors (Lipinski definition) is 0. The molecule has 47 heavy (non-hydrogen) atoms. The average Bonchev–Trinajstić information content (AvgIpc) is 3.54. The summed E-state index contributed by atoms with van der Waals surface area (Å²) in [4.78, 5) is 57.4. The molecule has 0 N–H and O–H groups in total. The number of hydrogen-bond acceptors (Lipinski definition) is 11. The Labute approximate surface area is 275 Å². The number of carbonyl (C=O) groups is 4. The van der Waals surface area contributed by atoms with Gasteiger partial charge in [-0.2, -0.15) is 0 Å². The van der Waals surface area contributed by atoms with Crippen molar-refractivity contribution in [1.29, 1.82) is 0 Å². The summed E-state index contributed by atoms with van der Waals surface area (Å²) in [6.45, 7) is 13.4. The van der Waals surface area contributed by atoms with Crippen LogP contribution in [-0.2, 0) is 25.5 Å². The van der Waals surface area contributed by atoms with Gasteiger partial charge in [-0.05, 0) is 66.9 Å². The summed E-state index contributed by atoms with van der Waals surface area (Å²) >= 11 is 0.952. The smallest absolute Gasteiger partial charge is 0.397 e. The Morgan fingerprint density at radius 1 is 0.915 bits per heavy atom. The van der Waals surface area contributed by atoms with E-state index in [0.29, 0.717) is 22.4 Å². The quantitative estimate of drug-likeness (QED) is 0.0447. The second-order valence-electron chi connectivity index (χ2n) is 10.0. The Morgan fingerprint density at radius 3 is 2.17 bits per heavy atom. The fraction of sp³-hybridized carbons (Fsp3) is 0.257. The molecule has 242 valence electrons. The zero-order valence-corrected chi connectivity index (χ0v) is 26.7. The van der Waals surface area contributed by atoms with E-state index in [1.807, 2.05) is 12.1 Å². The van der Waals surface area contributed by atoms with Gasteiger partial charge in [0.25, 0.3) is 0 Å². The molecule has 1 aromatic heterocycles. The van der Waals surface area contributed by atoms with Crippen LogP contribution in [0.2, 0.25) is 0 Å². The molecule has 0 saturated heterocycles. The lowest BCUT2D eigenvalue weighted by molar-refractivity contribution is -0.141. The van der Waals surface area contributed by atoms with Crippen molar-refractivity contribution < 1.29 is 42.9 Å². The summed E-state index contributed by atoms with van der Waals surface area (Å²) in [6.07, 6.45) is 4.57. The molecule has 1 atom stereocenters. The van der Waals surface area contributed by atoms with Crippen LogP contribution < -0.4 is 14.2 Å². The zero-order valence-electron chi connectivity index (χ0n) is 25.9. The molecule has 1 unspecified atom stereocenters. The first-order valence-electron chi connectivity index (χ1n) is 14.7. The van der Waals surface area contributed by atoms with Crippen molar-refractivity contribution in [3.8, 4) is 17.2 Å². The van der Waals surface area contributed by atoms with Crippen molar-refractivity contribution in [1.82, 2.24) is 4.98 Å². The van der Waals surface area contributed by atoms with Gasteiger partial charge in [-0.3, -0.25) is 4.85 Å². The summed E-state index contributed by atoms with van der Waals surface area (Å²) in [5.41, 5.74) is 1.81. The maximum atomic E-state index is 13.1. The molecule has 1 heterocycles. The largest absolute Gasteiger partial charge is 0.493 e. The molecule has 0 fully saturated rings. The molecular formula is C35H32N2O9S. The van der Waals surface area contributed by atoms with Gasteiger partial charge in [0, 0.05) is 12.5 Å². The molecule has 4 rings (SSSR count). The molecule has 0 bridgehead atoms. The first kappa shape index (κ1) is 34.3. The van der Waals surface area contributed by atoms with E-state index in [1.54, 1.807) is 24.3 Å². The number of ether oxygens (including phenoxy) is 5. The van der Waals surface area contributed by atoms with Crippen LogP contribution in [0.1, 0.15) is 63.5 Å². The van der Waals surface area contributed by atoms with Crippen LogP contribution in [0.4, 0.5) is 0 Å². The van der Waals surface area contributed by atoms with Gasteiger partial charge in [0.15, 0.2) is 16.5 Å². The fourth-order valence-corrected chi connectivity index (χ4v) is 5.31. The Bertz CT molecular complexity index is 1790.